The van der Waals surface area contributed by atoms with Crippen LogP contribution in [0.15, 0.2) is 0 Å². The average Bonchev–Trinajstić information content (AvgIpc) is 1.62. The lowest BCUT2D eigenvalue weighted by molar-refractivity contribution is 0.599. The highest BCUT2D eigenvalue weighted by atomic mass is 32.2. The van der Waals surface area contributed by atoms with Gasteiger partial charge in [0, 0.05) is 6.26 Å². The maximum absolute atomic E-state index is 10.4. The SMILES string of the molecule is C#CC(N)CS(C)(=O)=O. The van der Waals surface area contributed by atoms with Crippen molar-refractivity contribution in [2.24, 2.45) is 5.73 Å². The smallest absolute Gasteiger partial charge is 0.149 e. The van der Waals surface area contributed by atoms with Crippen LogP contribution in [0.1, 0.15) is 0 Å². The van der Waals surface area contributed by atoms with E-state index in [0.717, 1.165) is 6.26 Å². The Morgan fingerprint density at radius 3 is 2.33 bits per heavy atom. The van der Waals surface area contributed by atoms with Crippen molar-refractivity contribution >= 4 is 9.84 Å². The van der Waals surface area contributed by atoms with Crippen molar-refractivity contribution in [1.82, 2.24) is 0 Å². The third kappa shape index (κ3) is 5.34. The first-order chi connectivity index (χ1) is 3.95. The Balaban J connectivity index is 3.94. The number of nitrogens with two attached hydrogens (primary N) is 1. The molecule has 0 aromatic rings. The van der Waals surface area contributed by atoms with Gasteiger partial charge in [0.25, 0.3) is 0 Å². The van der Waals surface area contributed by atoms with Gasteiger partial charge in [0.2, 0.25) is 0 Å². The quantitative estimate of drug-likeness (QED) is 0.509. The molecular formula is C5H9NO2S. The fraction of sp³-hybridized carbons (Fsp3) is 0.600. The topological polar surface area (TPSA) is 60.2 Å². The highest BCUT2D eigenvalue weighted by molar-refractivity contribution is 7.90. The number of rotatable bonds is 2. The van der Waals surface area contributed by atoms with Crippen molar-refractivity contribution in [1.29, 1.82) is 0 Å². The second kappa shape index (κ2) is 2.85. The van der Waals surface area contributed by atoms with E-state index in [1.165, 1.54) is 0 Å². The summed E-state index contributed by atoms with van der Waals surface area (Å²) in [5.74, 6) is 1.98. The van der Waals surface area contributed by atoms with Crippen LogP contribution in [0.5, 0.6) is 0 Å². The third-order valence-electron chi connectivity index (χ3n) is 0.696. The predicted molar refractivity (Wildman–Crippen MR) is 36.5 cm³/mol. The Labute approximate surface area is 55.2 Å². The highest BCUT2D eigenvalue weighted by Gasteiger charge is 2.06. The molecule has 0 radical (unpaired) electrons. The summed E-state index contributed by atoms with van der Waals surface area (Å²) in [7, 11) is -3.00. The molecular weight excluding hydrogens is 138 g/mol. The van der Waals surface area contributed by atoms with Crippen LogP contribution in [-0.4, -0.2) is 26.5 Å². The predicted octanol–water partition coefficient (Wildman–Crippen LogP) is -1.01. The van der Waals surface area contributed by atoms with Gasteiger partial charge in [-0.2, -0.15) is 0 Å². The van der Waals surface area contributed by atoms with Gasteiger partial charge < -0.3 is 5.73 Å². The molecule has 0 saturated heterocycles. The fourth-order valence-corrected chi connectivity index (χ4v) is 1.12. The molecule has 1 unspecified atom stereocenters. The van der Waals surface area contributed by atoms with Crippen LogP contribution in [0.2, 0.25) is 0 Å². The van der Waals surface area contributed by atoms with Crippen LogP contribution in [0.4, 0.5) is 0 Å². The molecule has 0 heterocycles. The van der Waals surface area contributed by atoms with Gasteiger partial charge >= 0.3 is 0 Å². The van der Waals surface area contributed by atoms with E-state index in [1.807, 2.05) is 0 Å². The van der Waals surface area contributed by atoms with Gasteiger partial charge in [-0.1, -0.05) is 5.92 Å². The summed E-state index contributed by atoms with van der Waals surface area (Å²) in [5, 5.41) is 0. The first kappa shape index (κ1) is 8.47. The molecule has 2 N–H and O–H groups in total. The standard InChI is InChI=1S/C5H9NO2S/c1-3-5(6)4-9(2,7)8/h1,5H,4,6H2,2H3. The summed E-state index contributed by atoms with van der Waals surface area (Å²) in [6, 6.07) is -0.667. The van der Waals surface area contributed by atoms with E-state index in [2.05, 4.69) is 5.92 Å². The third-order valence-corrected chi connectivity index (χ3v) is 1.66. The number of terminal acetylenes is 1. The fourth-order valence-electron chi connectivity index (χ4n) is 0.374. The first-order valence-electron chi connectivity index (χ1n) is 2.35. The largest absolute Gasteiger partial charge is 0.317 e. The molecule has 1 atom stereocenters. The zero-order chi connectivity index (χ0) is 7.49. The van der Waals surface area contributed by atoms with E-state index in [1.54, 1.807) is 0 Å². The summed E-state index contributed by atoms with van der Waals surface area (Å²) in [6.45, 7) is 0. The van der Waals surface area contributed by atoms with Crippen LogP contribution < -0.4 is 5.73 Å². The summed E-state index contributed by atoms with van der Waals surface area (Å²) < 4.78 is 20.8. The molecule has 0 amide bonds. The maximum Gasteiger partial charge on any atom is 0.149 e. The molecule has 0 aromatic heterocycles. The van der Waals surface area contributed by atoms with Gasteiger partial charge in [-0.3, -0.25) is 0 Å². The molecule has 3 nitrogen and oxygen atoms in total. The maximum atomic E-state index is 10.4. The summed E-state index contributed by atoms with van der Waals surface area (Å²) in [4.78, 5) is 0. The zero-order valence-corrected chi connectivity index (χ0v) is 5.98. The van der Waals surface area contributed by atoms with Gasteiger partial charge in [-0.05, 0) is 0 Å². The lowest BCUT2D eigenvalue weighted by Crippen LogP contribution is -2.26. The molecule has 0 aliphatic carbocycles. The lowest BCUT2D eigenvalue weighted by atomic mass is 10.4. The van der Waals surface area contributed by atoms with Gasteiger partial charge in [0.05, 0.1) is 11.8 Å². The van der Waals surface area contributed by atoms with Gasteiger partial charge in [-0.15, -0.1) is 6.42 Å². The van der Waals surface area contributed by atoms with Crippen LogP contribution in [0.25, 0.3) is 0 Å². The Morgan fingerprint density at radius 2 is 2.22 bits per heavy atom. The minimum atomic E-state index is -3.00. The first-order valence-corrected chi connectivity index (χ1v) is 4.41. The summed E-state index contributed by atoms with van der Waals surface area (Å²) in [6.07, 6.45) is 5.94. The van der Waals surface area contributed by atoms with Crippen LogP contribution in [0, 0.1) is 12.3 Å². The minimum absolute atomic E-state index is 0.135. The van der Waals surface area contributed by atoms with E-state index < -0.39 is 15.9 Å². The second-order valence-corrected chi connectivity index (χ2v) is 4.05. The van der Waals surface area contributed by atoms with E-state index in [-0.39, 0.29) is 5.75 Å². The Bertz CT molecular complexity index is 212. The lowest BCUT2D eigenvalue weighted by Gasteiger charge is -1.98. The molecule has 0 aliphatic heterocycles. The molecule has 0 rings (SSSR count). The van der Waals surface area contributed by atoms with Crippen molar-refractivity contribution in [3.8, 4) is 12.3 Å². The molecule has 0 fully saturated rings. The van der Waals surface area contributed by atoms with E-state index >= 15 is 0 Å². The number of hydrogen-bond acceptors (Lipinski definition) is 3. The molecule has 0 aromatic carbocycles. The van der Waals surface area contributed by atoms with Crippen molar-refractivity contribution in [2.45, 2.75) is 6.04 Å². The molecule has 0 bridgehead atoms. The van der Waals surface area contributed by atoms with Crippen molar-refractivity contribution in [2.75, 3.05) is 12.0 Å². The monoisotopic (exact) mass is 147 g/mol. The average molecular weight is 147 g/mol. The Morgan fingerprint density at radius 1 is 1.78 bits per heavy atom. The minimum Gasteiger partial charge on any atom is -0.317 e. The van der Waals surface area contributed by atoms with Gasteiger partial charge in [0.15, 0.2) is 0 Å². The molecule has 0 aliphatic rings. The second-order valence-electron chi connectivity index (χ2n) is 1.87. The van der Waals surface area contributed by atoms with Gasteiger partial charge in [0.1, 0.15) is 9.84 Å². The molecule has 9 heavy (non-hydrogen) atoms. The van der Waals surface area contributed by atoms with E-state index in [0.29, 0.717) is 0 Å². The Kier molecular flexibility index (Phi) is 2.68. The molecule has 0 spiro atoms. The number of sulfone groups is 1. The number of hydrogen-bond donors (Lipinski definition) is 1. The van der Waals surface area contributed by atoms with Gasteiger partial charge in [-0.25, -0.2) is 8.42 Å². The highest BCUT2D eigenvalue weighted by Crippen LogP contribution is 1.84. The summed E-state index contributed by atoms with van der Waals surface area (Å²) in [5.41, 5.74) is 5.14. The van der Waals surface area contributed by atoms with Crippen LogP contribution in [0.3, 0.4) is 0 Å². The normalized spacial score (nSPS) is 14.3. The van der Waals surface area contributed by atoms with E-state index in [9.17, 15) is 8.42 Å². The van der Waals surface area contributed by atoms with Crippen molar-refractivity contribution in [3.05, 3.63) is 0 Å². The molecule has 0 saturated carbocycles. The Hall–Kier alpha value is -0.530. The zero-order valence-electron chi connectivity index (χ0n) is 5.16. The van der Waals surface area contributed by atoms with E-state index in [4.69, 9.17) is 12.2 Å². The molecule has 52 valence electrons. The van der Waals surface area contributed by atoms with Crippen LogP contribution >= 0.6 is 0 Å². The van der Waals surface area contributed by atoms with Crippen LogP contribution in [-0.2, 0) is 9.84 Å². The summed E-state index contributed by atoms with van der Waals surface area (Å²) >= 11 is 0. The van der Waals surface area contributed by atoms with Crippen molar-refractivity contribution < 1.29 is 8.42 Å². The molecule has 4 heteroatoms. The van der Waals surface area contributed by atoms with Crippen molar-refractivity contribution in [3.63, 3.8) is 0 Å².